The number of H-pyrrole nitrogens is 1. The second kappa shape index (κ2) is 8.81. The number of rotatable bonds is 6. The Hall–Kier alpha value is -3.04. The van der Waals surface area contributed by atoms with Crippen LogP contribution in [0.1, 0.15) is 56.7 Å². The third-order valence-corrected chi connectivity index (χ3v) is 7.75. The molecular weight excluding hydrogens is 459 g/mol. The maximum absolute atomic E-state index is 16.2. The Morgan fingerprint density at radius 3 is 2.69 bits per heavy atom. The Morgan fingerprint density at radius 2 is 2.03 bits per heavy atom. The molecule has 0 atom stereocenters. The molecule has 6 rings (SSSR count). The summed E-state index contributed by atoms with van der Waals surface area (Å²) in [6.45, 7) is 11.1. The van der Waals surface area contributed by atoms with Crippen LogP contribution in [0.4, 0.5) is 4.39 Å². The van der Waals surface area contributed by atoms with Crippen LogP contribution in [0.3, 0.4) is 0 Å². The zero-order valence-corrected chi connectivity index (χ0v) is 21.3. The minimum Gasteiger partial charge on any atom is -0.493 e. The number of likely N-dealkylation sites (tertiary alicyclic amines) is 1. The van der Waals surface area contributed by atoms with E-state index in [0.29, 0.717) is 28.0 Å². The number of aromatic nitrogens is 5. The van der Waals surface area contributed by atoms with Gasteiger partial charge in [0, 0.05) is 35.0 Å². The van der Waals surface area contributed by atoms with E-state index in [1.54, 1.807) is 17.8 Å². The van der Waals surface area contributed by atoms with Crippen LogP contribution < -0.4 is 4.74 Å². The van der Waals surface area contributed by atoms with Crippen molar-refractivity contribution in [1.82, 2.24) is 29.5 Å². The minimum atomic E-state index is -0.190. The molecule has 0 saturated carbocycles. The number of pyridine rings is 2. The van der Waals surface area contributed by atoms with Crippen molar-refractivity contribution in [3.63, 3.8) is 0 Å². The molecule has 2 fully saturated rings. The van der Waals surface area contributed by atoms with Crippen molar-refractivity contribution in [1.29, 1.82) is 0 Å². The van der Waals surface area contributed by atoms with Crippen LogP contribution in [0, 0.1) is 11.2 Å². The summed E-state index contributed by atoms with van der Waals surface area (Å²) in [7, 11) is 1.61. The van der Waals surface area contributed by atoms with E-state index in [2.05, 4.69) is 45.7 Å². The Kier molecular flexibility index (Phi) is 5.72. The van der Waals surface area contributed by atoms with E-state index >= 15 is 4.39 Å². The predicted octanol–water partition coefficient (Wildman–Crippen LogP) is 4.76. The number of nitrogens with one attached hydrogen (secondary N) is 1. The van der Waals surface area contributed by atoms with Crippen LogP contribution in [0.25, 0.3) is 27.8 Å². The second-order valence-electron chi connectivity index (χ2n) is 11.0. The molecule has 8 nitrogen and oxygen atoms in total. The van der Waals surface area contributed by atoms with Gasteiger partial charge in [0.05, 0.1) is 43.4 Å². The molecule has 36 heavy (non-hydrogen) atoms. The number of piperidine rings is 1. The largest absolute Gasteiger partial charge is 0.493 e. The summed E-state index contributed by atoms with van der Waals surface area (Å²) >= 11 is 0. The molecule has 1 N–H and O–H groups in total. The maximum atomic E-state index is 16.2. The van der Waals surface area contributed by atoms with E-state index in [1.807, 2.05) is 12.3 Å². The molecule has 9 heteroatoms. The van der Waals surface area contributed by atoms with E-state index in [1.165, 1.54) is 6.33 Å². The molecule has 0 aromatic carbocycles. The molecule has 0 bridgehead atoms. The van der Waals surface area contributed by atoms with Gasteiger partial charge >= 0.3 is 0 Å². The fourth-order valence-electron chi connectivity index (χ4n) is 5.91. The number of methoxy groups -OCH3 is 1. The number of fused-ring (bicyclic) bond motifs is 2. The van der Waals surface area contributed by atoms with Gasteiger partial charge in [0.15, 0.2) is 17.2 Å². The van der Waals surface area contributed by atoms with E-state index in [0.717, 1.165) is 62.5 Å². The van der Waals surface area contributed by atoms with Crippen molar-refractivity contribution >= 4 is 16.6 Å². The lowest BCUT2D eigenvalue weighted by molar-refractivity contribution is -0.116. The van der Waals surface area contributed by atoms with Crippen LogP contribution >= 0.6 is 0 Å². The van der Waals surface area contributed by atoms with Gasteiger partial charge in [-0.15, -0.1) is 0 Å². The first kappa shape index (κ1) is 23.4. The molecule has 0 aliphatic carbocycles. The molecule has 190 valence electrons. The predicted molar refractivity (Wildman–Crippen MR) is 136 cm³/mol. The highest BCUT2D eigenvalue weighted by Gasteiger charge is 2.36. The summed E-state index contributed by atoms with van der Waals surface area (Å²) in [4.78, 5) is 14.9. The lowest BCUT2D eigenvalue weighted by atomic mass is 9.85. The molecule has 0 radical (unpaired) electrons. The molecule has 2 aliphatic heterocycles. The molecule has 2 aliphatic rings. The summed E-state index contributed by atoms with van der Waals surface area (Å²) in [5.74, 6) is 0.654. The average Bonchev–Trinajstić information content (AvgIpc) is 3.48. The Labute approximate surface area is 209 Å². The lowest BCUT2D eigenvalue weighted by Crippen LogP contribution is -2.50. The first-order chi connectivity index (χ1) is 17.4. The van der Waals surface area contributed by atoms with E-state index in [-0.39, 0.29) is 23.1 Å². The standard InChI is InChI=1S/C27H33FN6O2/c1-16(2)21-22-19(32-24(21)18-9-20(35-4)26-30-15-31-34(26)11-18)10-29-25(23(22)28)17-5-7-33(8-6-17)12-27(3)13-36-14-27/h9-11,15-17,32H,5-8,12-14H2,1-4H3. The Bertz CT molecular complexity index is 1410. The SMILES string of the molecule is COc1cc(-c2[nH]c3cnc(C4CCN(CC5(C)COC5)CC4)c(F)c3c2C(C)C)cn2ncnc12. The number of hydrogen-bond acceptors (Lipinski definition) is 6. The summed E-state index contributed by atoms with van der Waals surface area (Å²) in [6, 6.07) is 1.93. The van der Waals surface area contributed by atoms with Crippen LogP contribution in [0.5, 0.6) is 5.75 Å². The van der Waals surface area contributed by atoms with Gasteiger partial charge in [-0.1, -0.05) is 20.8 Å². The molecule has 4 aromatic heterocycles. The highest BCUT2D eigenvalue weighted by atomic mass is 19.1. The van der Waals surface area contributed by atoms with Crippen LogP contribution in [-0.4, -0.2) is 69.4 Å². The van der Waals surface area contributed by atoms with Crippen molar-refractivity contribution in [2.24, 2.45) is 5.41 Å². The lowest BCUT2D eigenvalue weighted by Gasteiger charge is -2.43. The minimum absolute atomic E-state index is 0.100. The van der Waals surface area contributed by atoms with E-state index in [9.17, 15) is 0 Å². The molecule has 0 amide bonds. The van der Waals surface area contributed by atoms with E-state index in [4.69, 9.17) is 9.47 Å². The highest BCUT2D eigenvalue weighted by molar-refractivity contribution is 5.92. The van der Waals surface area contributed by atoms with Gasteiger partial charge in [-0.25, -0.2) is 13.9 Å². The summed E-state index contributed by atoms with van der Waals surface area (Å²) in [5, 5.41) is 4.93. The van der Waals surface area contributed by atoms with E-state index < -0.39 is 0 Å². The maximum Gasteiger partial charge on any atom is 0.197 e. The van der Waals surface area contributed by atoms with Gasteiger partial charge in [0.2, 0.25) is 0 Å². The van der Waals surface area contributed by atoms with Gasteiger partial charge < -0.3 is 19.4 Å². The van der Waals surface area contributed by atoms with Gasteiger partial charge in [-0.05, 0) is 43.5 Å². The Balaban J connectivity index is 1.35. The number of hydrogen-bond donors (Lipinski definition) is 1. The third kappa shape index (κ3) is 3.85. The van der Waals surface area contributed by atoms with Crippen molar-refractivity contribution < 1.29 is 13.9 Å². The van der Waals surface area contributed by atoms with Crippen LogP contribution in [0.15, 0.2) is 24.8 Å². The van der Waals surface area contributed by atoms with Crippen molar-refractivity contribution in [2.45, 2.75) is 45.4 Å². The normalized spacial score (nSPS) is 18.8. The molecular formula is C27H33FN6O2. The fraction of sp³-hybridized carbons (Fsp3) is 0.519. The molecule has 0 unspecified atom stereocenters. The van der Waals surface area contributed by atoms with Crippen LogP contribution in [0.2, 0.25) is 0 Å². The van der Waals surface area contributed by atoms with Gasteiger partial charge in [0.1, 0.15) is 6.33 Å². The van der Waals surface area contributed by atoms with Gasteiger partial charge in [-0.2, -0.15) is 5.10 Å². The third-order valence-electron chi connectivity index (χ3n) is 7.75. The quantitative estimate of drug-likeness (QED) is 0.418. The molecule has 2 saturated heterocycles. The van der Waals surface area contributed by atoms with Crippen molar-refractivity contribution in [3.8, 4) is 17.0 Å². The fourth-order valence-corrected chi connectivity index (χ4v) is 5.91. The average molecular weight is 493 g/mol. The zero-order chi connectivity index (χ0) is 25.0. The number of aromatic amines is 1. The van der Waals surface area contributed by atoms with Gasteiger partial charge in [0.25, 0.3) is 0 Å². The van der Waals surface area contributed by atoms with Crippen molar-refractivity contribution in [3.05, 3.63) is 41.9 Å². The molecule has 0 spiro atoms. The van der Waals surface area contributed by atoms with Crippen molar-refractivity contribution in [2.75, 3.05) is 40.0 Å². The molecule has 6 heterocycles. The summed E-state index contributed by atoms with van der Waals surface area (Å²) in [6.07, 6.45) is 7.03. The van der Waals surface area contributed by atoms with Crippen LogP contribution in [-0.2, 0) is 4.74 Å². The number of ether oxygens (including phenoxy) is 2. The first-order valence-corrected chi connectivity index (χ1v) is 12.7. The first-order valence-electron chi connectivity index (χ1n) is 12.7. The van der Waals surface area contributed by atoms with Gasteiger partial charge in [-0.3, -0.25) is 4.98 Å². The number of halogens is 1. The monoisotopic (exact) mass is 492 g/mol. The number of nitrogens with zero attached hydrogens (tertiary/aromatic N) is 5. The summed E-state index contributed by atoms with van der Waals surface area (Å²) < 4.78 is 28.9. The topological polar surface area (TPSA) is 80.6 Å². The smallest absolute Gasteiger partial charge is 0.197 e. The zero-order valence-electron chi connectivity index (χ0n) is 21.3. The highest BCUT2D eigenvalue weighted by Crippen LogP contribution is 2.41. The Morgan fingerprint density at radius 1 is 1.25 bits per heavy atom. The summed E-state index contributed by atoms with van der Waals surface area (Å²) in [5.41, 5.74) is 4.89. The second-order valence-corrected chi connectivity index (χ2v) is 11.0. The molecule has 4 aromatic rings.